The number of amides is 2. The summed E-state index contributed by atoms with van der Waals surface area (Å²) >= 11 is 0. The summed E-state index contributed by atoms with van der Waals surface area (Å²) < 4.78 is 39.1. The third-order valence-corrected chi connectivity index (χ3v) is 11.2. The number of nitrogens with two attached hydrogens (primary N) is 1. The zero-order chi connectivity index (χ0) is 52.3. The van der Waals surface area contributed by atoms with Gasteiger partial charge in [0.2, 0.25) is 0 Å². The number of carbonyl (C=O) groups excluding carboxylic acids is 2. The van der Waals surface area contributed by atoms with Gasteiger partial charge in [-0.2, -0.15) is 0 Å². The van der Waals surface area contributed by atoms with Crippen LogP contribution in [0, 0.1) is 13.8 Å². The first kappa shape index (κ1) is 53.1. The number of phenols is 2. The molecule has 6 aromatic rings. The number of para-hydroxylation sites is 2. The van der Waals surface area contributed by atoms with Gasteiger partial charge in [-0.1, -0.05) is 12.1 Å². The summed E-state index contributed by atoms with van der Waals surface area (Å²) in [6.45, 7) is 13.7. The van der Waals surface area contributed by atoms with E-state index in [0.29, 0.717) is 18.1 Å². The Balaban J connectivity index is 0.000000191. The largest absolute Gasteiger partial charge is 0.505 e. The Morgan fingerprint density at radius 3 is 1.56 bits per heavy atom. The molecule has 2 amide bonds. The van der Waals surface area contributed by atoms with Gasteiger partial charge in [-0.3, -0.25) is 28.8 Å². The molecule has 4 atom stereocenters. The summed E-state index contributed by atoms with van der Waals surface area (Å²) in [4.78, 5) is 74.8. The lowest BCUT2D eigenvalue weighted by Gasteiger charge is -2.26. The van der Waals surface area contributed by atoms with Crippen LogP contribution in [0.3, 0.4) is 0 Å². The Hall–Kier alpha value is -7.30. The quantitative estimate of drug-likeness (QED) is 0.0603. The molecule has 4 aromatic carbocycles. The number of hydrogen-bond acceptors (Lipinski definition) is 19. The van der Waals surface area contributed by atoms with E-state index in [4.69, 9.17) is 38.3 Å². The van der Waals surface area contributed by atoms with Crippen molar-refractivity contribution in [3.05, 3.63) is 136 Å². The van der Waals surface area contributed by atoms with Crippen molar-refractivity contribution < 1.29 is 52.3 Å². The van der Waals surface area contributed by atoms with Crippen LogP contribution in [0.5, 0.6) is 17.2 Å². The maximum Gasteiger partial charge on any atom is 0.272 e. The number of benzene rings is 2. The highest BCUT2D eigenvalue weighted by Gasteiger charge is 2.41. The number of furan rings is 2. The van der Waals surface area contributed by atoms with Gasteiger partial charge in [-0.25, -0.2) is 0 Å². The predicted octanol–water partition coefficient (Wildman–Crippen LogP) is 5.21. The molecule has 7 N–H and O–H groups in total. The number of anilines is 5. The first-order valence-electron chi connectivity index (χ1n) is 22.5. The summed E-state index contributed by atoms with van der Waals surface area (Å²) in [5.74, 6) is -0.0104. The molecule has 0 bridgehead atoms. The fourth-order valence-corrected chi connectivity index (χ4v) is 7.51. The van der Waals surface area contributed by atoms with Crippen molar-refractivity contribution >= 4 is 40.3 Å². The summed E-state index contributed by atoms with van der Waals surface area (Å²) in [5, 5.41) is 29.3. The van der Waals surface area contributed by atoms with E-state index in [2.05, 4.69) is 16.0 Å². The average molecular weight is 985 g/mol. The Kier molecular flexibility index (Phi) is 16.0. The summed E-state index contributed by atoms with van der Waals surface area (Å²) in [7, 11) is 6.25. The van der Waals surface area contributed by atoms with Gasteiger partial charge in [0.15, 0.2) is 28.8 Å². The smallest absolute Gasteiger partial charge is 0.272 e. The average Bonchev–Trinajstić information content (AvgIpc) is 4.14. The minimum absolute atomic E-state index is 0.0170. The maximum atomic E-state index is 12.5. The van der Waals surface area contributed by atoms with Crippen LogP contribution in [0.2, 0.25) is 0 Å². The minimum Gasteiger partial charge on any atom is -0.505 e. The second-order valence-corrected chi connectivity index (χ2v) is 18.0. The number of aryl methyl sites for hydroxylation is 2. The van der Waals surface area contributed by atoms with Crippen LogP contribution in [-0.2, 0) is 18.9 Å². The van der Waals surface area contributed by atoms with Crippen molar-refractivity contribution in [1.29, 1.82) is 0 Å². The molecule has 2 saturated heterocycles. The minimum atomic E-state index is -0.813. The topological polar surface area (TPSA) is 284 Å². The third kappa shape index (κ3) is 11.8. The van der Waals surface area contributed by atoms with Gasteiger partial charge in [0.1, 0.15) is 58.4 Å². The predicted molar refractivity (Wildman–Crippen MR) is 263 cm³/mol. The van der Waals surface area contributed by atoms with E-state index in [9.17, 15) is 39.0 Å². The highest BCUT2D eigenvalue weighted by atomic mass is 16.7. The van der Waals surface area contributed by atoms with E-state index in [1.165, 1.54) is 34.1 Å². The van der Waals surface area contributed by atoms with Crippen LogP contribution in [0.1, 0.15) is 90.5 Å². The summed E-state index contributed by atoms with van der Waals surface area (Å²) in [6, 6.07) is 15.5. The van der Waals surface area contributed by atoms with Crippen LogP contribution in [0.4, 0.5) is 28.4 Å². The second kappa shape index (κ2) is 21.4. The Labute approximate surface area is 408 Å². The lowest BCUT2D eigenvalue weighted by atomic mass is 10.1. The number of nitrogens with one attached hydrogen (secondary N) is 3. The van der Waals surface area contributed by atoms with E-state index in [-0.39, 0.29) is 88.1 Å². The monoisotopic (exact) mass is 984 g/mol. The fraction of sp³-hybridized carbons (Fsp3) is 0.400. The molecule has 21 nitrogen and oxygen atoms in total. The molecular formula is C50H60N6O15. The molecule has 71 heavy (non-hydrogen) atoms. The zero-order valence-electron chi connectivity index (χ0n) is 41.4. The Morgan fingerprint density at radius 2 is 1.13 bits per heavy atom. The normalized spacial score (nSPS) is 17.6. The molecule has 21 heteroatoms. The van der Waals surface area contributed by atoms with Gasteiger partial charge in [0, 0.05) is 28.2 Å². The molecule has 0 radical (unpaired) electrons. The molecule has 0 saturated carbocycles. The molecule has 2 unspecified atom stereocenters. The van der Waals surface area contributed by atoms with Crippen LogP contribution < -0.4 is 48.1 Å². The van der Waals surface area contributed by atoms with Gasteiger partial charge in [-0.05, 0) is 97.0 Å². The maximum absolute atomic E-state index is 12.5. The van der Waals surface area contributed by atoms with E-state index < -0.39 is 51.3 Å². The van der Waals surface area contributed by atoms with Crippen LogP contribution in [0.25, 0.3) is 0 Å². The lowest BCUT2D eigenvalue weighted by Crippen LogP contribution is -2.40. The SMILES string of the molecule is CCOc1c(Nc2cccc(C(=O)N(C)C)c2O)c(=O)c1=O.Cc1ccc(C(N)[C@@H]2COC(C)(C)O2)o1.Cc1ccc(C(Nc2c(Nc3cccc(C(=O)N(C)C)c3O)c(=O)c2=O)[C@@H]2COC(C)(C)O2)o1. The van der Waals surface area contributed by atoms with E-state index in [1.807, 2.05) is 32.9 Å². The molecule has 380 valence electrons. The van der Waals surface area contributed by atoms with Crippen molar-refractivity contribution in [2.24, 2.45) is 5.73 Å². The molecule has 8 rings (SSSR count). The number of aromatic hydroxyl groups is 2. The summed E-state index contributed by atoms with van der Waals surface area (Å²) in [5.41, 5.74) is 3.57. The van der Waals surface area contributed by atoms with Gasteiger partial charge < -0.3 is 74.2 Å². The van der Waals surface area contributed by atoms with E-state index in [1.54, 1.807) is 80.2 Å². The number of nitrogens with zero attached hydrogens (tertiary/aromatic N) is 2. The van der Waals surface area contributed by atoms with Crippen molar-refractivity contribution in [2.45, 2.75) is 84.3 Å². The molecule has 4 heterocycles. The van der Waals surface area contributed by atoms with Gasteiger partial charge >= 0.3 is 0 Å². The molecule has 2 aliphatic heterocycles. The van der Waals surface area contributed by atoms with Crippen molar-refractivity contribution in [3.8, 4) is 17.2 Å². The number of rotatable bonds is 14. The van der Waals surface area contributed by atoms with Crippen molar-refractivity contribution in [1.82, 2.24) is 9.80 Å². The number of carbonyl (C=O) groups is 2. The lowest BCUT2D eigenvalue weighted by molar-refractivity contribution is -0.141. The van der Waals surface area contributed by atoms with Crippen LogP contribution >= 0.6 is 0 Å². The van der Waals surface area contributed by atoms with Crippen molar-refractivity contribution in [2.75, 3.05) is 64.0 Å². The highest BCUT2D eigenvalue weighted by Crippen LogP contribution is 2.38. The standard InChI is InChI=1S/C24H27N3O7.C15H16N2O5.C11H17NO3/c1-12-9-10-15(33-12)17(16-11-32-24(2,3)34-16)26-19-18(21(29)22(19)30)25-14-8-6-7-13(20(14)28)23(31)27(4)5;1-4-22-14-10(12(19)13(14)20)16-9-7-5-6-8(11(9)18)15(21)17(2)3;1-7-4-5-8(14-7)10(12)9-6-13-11(2,3)15-9/h6-10,16-17,25-26,28H,11H2,1-5H3;5-7,16,18H,4H2,1-3H3;4-5,9-10H,6,12H2,1-3H3/t16-,17?;;9-,10?/m0.0/s1. The molecular weight excluding hydrogens is 925 g/mol. The first-order chi connectivity index (χ1) is 33.3. The molecule has 2 fully saturated rings. The number of ether oxygens (including phenoxy) is 5. The second-order valence-electron chi connectivity index (χ2n) is 18.0. The highest BCUT2D eigenvalue weighted by molar-refractivity contribution is 5.99. The van der Waals surface area contributed by atoms with Gasteiger partial charge in [0.25, 0.3) is 33.5 Å². The Bertz CT molecular complexity index is 3020. The first-order valence-corrected chi connectivity index (χ1v) is 22.5. The fourth-order valence-electron chi connectivity index (χ4n) is 7.51. The summed E-state index contributed by atoms with van der Waals surface area (Å²) in [6.07, 6.45) is -0.627. The molecule has 2 aromatic heterocycles. The zero-order valence-corrected chi connectivity index (χ0v) is 41.4. The van der Waals surface area contributed by atoms with E-state index >= 15 is 0 Å². The van der Waals surface area contributed by atoms with E-state index in [0.717, 1.165) is 11.5 Å². The number of phenolic OH excluding ortho intramolecular Hbond substituents is 2. The Morgan fingerprint density at radius 1 is 0.676 bits per heavy atom. The molecule has 2 aliphatic rings. The number of hydrogen-bond donors (Lipinski definition) is 6. The molecule has 0 spiro atoms. The molecule has 0 aliphatic carbocycles. The van der Waals surface area contributed by atoms with Gasteiger partial charge in [-0.15, -0.1) is 0 Å². The van der Waals surface area contributed by atoms with Crippen molar-refractivity contribution in [3.63, 3.8) is 0 Å². The third-order valence-electron chi connectivity index (χ3n) is 11.2. The van der Waals surface area contributed by atoms with Crippen LogP contribution in [-0.4, -0.2) is 104 Å². The van der Waals surface area contributed by atoms with Crippen LogP contribution in [0.15, 0.2) is 88.7 Å². The van der Waals surface area contributed by atoms with Gasteiger partial charge in [0.05, 0.1) is 48.4 Å².